The summed E-state index contributed by atoms with van der Waals surface area (Å²) in [6, 6.07) is 10.8. The smallest absolute Gasteiger partial charge is 0.257 e. The number of nitrogens with zero attached hydrogens (tertiary/aromatic N) is 1. The third-order valence-electron chi connectivity index (χ3n) is 2.49. The van der Waals surface area contributed by atoms with Gasteiger partial charge in [-0.15, -0.1) is 0 Å². The Morgan fingerprint density at radius 1 is 1.25 bits per heavy atom. The van der Waals surface area contributed by atoms with Crippen molar-refractivity contribution in [3.05, 3.63) is 58.2 Å². The summed E-state index contributed by atoms with van der Waals surface area (Å²) in [6.45, 7) is 1.95. The summed E-state index contributed by atoms with van der Waals surface area (Å²) in [5.41, 5.74) is 1.60. The molecule has 2 rings (SSSR count). The van der Waals surface area contributed by atoms with E-state index in [2.05, 4.69) is 31.5 Å². The van der Waals surface area contributed by atoms with Gasteiger partial charge in [-0.2, -0.15) is 0 Å². The van der Waals surface area contributed by atoms with Crippen LogP contribution < -0.4 is 10.6 Å². The summed E-state index contributed by atoms with van der Waals surface area (Å²) in [5.74, 6) is 0.341. The molecular formula is C14H12BrN3OS. The maximum absolute atomic E-state index is 11.9. The summed E-state index contributed by atoms with van der Waals surface area (Å²) in [7, 11) is 0. The van der Waals surface area contributed by atoms with Crippen LogP contribution in [0.15, 0.2) is 47.1 Å². The molecule has 1 amide bonds. The predicted octanol–water partition coefficient (Wildman–Crippen LogP) is 3.28. The van der Waals surface area contributed by atoms with Gasteiger partial charge in [0.15, 0.2) is 5.11 Å². The Hall–Kier alpha value is -1.79. The standard InChI is InChI=1S/C14H12BrN3OS/c1-9-6-7-16-12(8-9)17-14(20)18-13(19)10-2-4-11(15)5-3-10/h2-8H,1H3,(H2,16,17,18,19,20). The molecule has 6 heteroatoms. The molecular weight excluding hydrogens is 338 g/mol. The van der Waals surface area contributed by atoms with E-state index in [1.165, 1.54) is 0 Å². The van der Waals surface area contributed by atoms with E-state index in [9.17, 15) is 4.79 Å². The van der Waals surface area contributed by atoms with E-state index in [-0.39, 0.29) is 11.0 Å². The molecule has 0 saturated heterocycles. The van der Waals surface area contributed by atoms with Crippen molar-refractivity contribution < 1.29 is 4.79 Å². The Balaban J connectivity index is 1.97. The highest BCUT2D eigenvalue weighted by molar-refractivity contribution is 9.10. The number of rotatable bonds is 2. The lowest BCUT2D eigenvalue weighted by Gasteiger charge is -2.09. The first-order valence-electron chi connectivity index (χ1n) is 5.85. The molecule has 102 valence electrons. The van der Waals surface area contributed by atoms with Crippen LogP contribution in [0.25, 0.3) is 0 Å². The summed E-state index contributed by atoms with van der Waals surface area (Å²) >= 11 is 8.41. The van der Waals surface area contributed by atoms with Crippen molar-refractivity contribution in [2.45, 2.75) is 6.92 Å². The first-order valence-corrected chi connectivity index (χ1v) is 7.05. The molecule has 0 aliphatic rings. The molecule has 4 nitrogen and oxygen atoms in total. The third-order valence-corrected chi connectivity index (χ3v) is 3.22. The molecule has 0 spiro atoms. The van der Waals surface area contributed by atoms with Gasteiger partial charge in [-0.1, -0.05) is 15.9 Å². The van der Waals surface area contributed by atoms with E-state index in [1.54, 1.807) is 30.5 Å². The summed E-state index contributed by atoms with van der Waals surface area (Å²) in [6.07, 6.45) is 1.68. The quantitative estimate of drug-likeness (QED) is 0.817. The number of halogens is 1. The molecule has 1 heterocycles. The van der Waals surface area contributed by atoms with Crippen LogP contribution in [0.5, 0.6) is 0 Å². The molecule has 1 aromatic carbocycles. The summed E-state index contributed by atoms with van der Waals surface area (Å²) in [5, 5.41) is 5.70. The number of amides is 1. The zero-order valence-corrected chi connectivity index (χ0v) is 13.1. The minimum atomic E-state index is -0.261. The Bertz CT molecular complexity index is 643. The molecule has 0 aliphatic carbocycles. The normalized spacial score (nSPS) is 9.90. The van der Waals surface area contributed by atoms with E-state index in [4.69, 9.17) is 12.2 Å². The number of aryl methyl sites for hydroxylation is 1. The highest BCUT2D eigenvalue weighted by Gasteiger charge is 2.08. The zero-order valence-electron chi connectivity index (χ0n) is 10.7. The van der Waals surface area contributed by atoms with Gasteiger partial charge in [0.25, 0.3) is 5.91 Å². The average Bonchev–Trinajstić information content (AvgIpc) is 2.39. The van der Waals surface area contributed by atoms with Crippen LogP contribution in [-0.2, 0) is 0 Å². The Labute approximate surface area is 130 Å². The van der Waals surface area contributed by atoms with Crippen molar-refractivity contribution in [2.24, 2.45) is 0 Å². The van der Waals surface area contributed by atoms with E-state index >= 15 is 0 Å². The Morgan fingerprint density at radius 3 is 2.60 bits per heavy atom. The lowest BCUT2D eigenvalue weighted by molar-refractivity contribution is 0.0977. The second kappa shape index (κ2) is 6.58. The van der Waals surface area contributed by atoms with Crippen molar-refractivity contribution in [1.82, 2.24) is 10.3 Å². The van der Waals surface area contributed by atoms with Crippen molar-refractivity contribution in [3.63, 3.8) is 0 Å². The van der Waals surface area contributed by atoms with Crippen molar-refractivity contribution in [2.75, 3.05) is 5.32 Å². The number of hydrogen-bond donors (Lipinski definition) is 2. The highest BCUT2D eigenvalue weighted by Crippen LogP contribution is 2.10. The van der Waals surface area contributed by atoms with Crippen molar-refractivity contribution in [3.8, 4) is 0 Å². The number of anilines is 1. The molecule has 0 aliphatic heterocycles. The Kier molecular flexibility index (Phi) is 4.81. The number of aromatic nitrogens is 1. The molecule has 1 aromatic heterocycles. The van der Waals surface area contributed by atoms with Crippen LogP contribution in [-0.4, -0.2) is 16.0 Å². The third kappa shape index (κ3) is 4.11. The van der Waals surface area contributed by atoms with Gasteiger partial charge >= 0.3 is 0 Å². The molecule has 0 atom stereocenters. The molecule has 0 unspecified atom stereocenters. The highest BCUT2D eigenvalue weighted by atomic mass is 79.9. The van der Waals surface area contributed by atoms with Crippen LogP contribution in [0.3, 0.4) is 0 Å². The predicted molar refractivity (Wildman–Crippen MR) is 86.8 cm³/mol. The minimum absolute atomic E-state index is 0.219. The van der Waals surface area contributed by atoms with Crippen LogP contribution in [0.4, 0.5) is 5.82 Å². The van der Waals surface area contributed by atoms with E-state index in [0.717, 1.165) is 10.0 Å². The van der Waals surface area contributed by atoms with Gasteiger partial charge in [0, 0.05) is 16.2 Å². The van der Waals surface area contributed by atoms with Crippen LogP contribution in [0.1, 0.15) is 15.9 Å². The van der Waals surface area contributed by atoms with Gasteiger partial charge < -0.3 is 5.32 Å². The zero-order chi connectivity index (χ0) is 14.5. The van der Waals surface area contributed by atoms with Crippen LogP contribution in [0.2, 0.25) is 0 Å². The van der Waals surface area contributed by atoms with Gasteiger partial charge in [0.2, 0.25) is 0 Å². The fourth-order valence-corrected chi connectivity index (χ4v) is 1.99. The molecule has 0 fully saturated rings. The lowest BCUT2D eigenvalue weighted by atomic mass is 10.2. The number of benzene rings is 1. The van der Waals surface area contributed by atoms with Gasteiger partial charge in [0.1, 0.15) is 5.82 Å². The maximum atomic E-state index is 11.9. The van der Waals surface area contributed by atoms with Crippen molar-refractivity contribution in [1.29, 1.82) is 0 Å². The number of hydrogen-bond acceptors (Lipinski definition) is 3. The van der Waals surface area contributed by atoms with Gasteiger partial charge in [-0.05, 0) is 61.1 Å². The topological polar surface area (TPSA) is 54.0 Å². The first-order chi connectivity index (χ1) is 9.54. The molecule has 2 N–H and O–H groups in total. The van der Waals surface area contributed by atoms with E-state index in [1.807, 2.05) is 19.1 Å². The van der Waals surface area contributed by atoms with Gasteiger partial charge in [0.05, 0.1) is 0 Å². The SMILES string of the molecule is Cc1ccnc(NC(=S)NC(=O)c2ccc(Br)cc2)c1. The second-order valence-corrected chi connectivity index (χ2v) is 5.46. The molecule has 20 heavy (non-hydrogen) atoms. The first kappa shape index (κ1) is 14.6. The van der Waals surface area contributed by atoms with Gasteiger partial charge in [-0.25, -0.2) is 4.98 Å². The lowest BCUT2D eigenvalue weighted by Crippen LogP contribution is -2.34. The maximum Gasteiger partial charge on any atom is 0.257 e. The molecule has 0 saturated carbocycles. The largest absolute Gasteiger partial charge is 0.317 e. The fourth-order valence-electron chi connectivity index (χ4n) is 1.53. The van der Waals surface area contributed by atoms with Crippen LogP contribution in [0, 0.1) is 6.92 Å². The number of carbonyl (C=O) groups excluding carboxylic acids is 1. The molecule has 0 radical (unpaired) electrons. The number of pyridine rings is 1. The minimum Gasteiger partial charge on any atom is -0.317 e. The summed E-state index contributed by atoms with van der Waals surface area (Å²) in [4.78, 5) is 16.1. The van der Waals surface area contributed by atoms with Gasteiger partial charge in [-0.3, -0.25) is 10.1 Å². The summed E-state index contributed by atoms with van der Waals surface area (Å²) < 4.78 is 0.915. The Morgan fingerprint density at radius 2 is 1.95 bits per heavy atom. The second-order valence-electron chi connectivity index (χ2n) is 4.13. The molecule has 2 aromatic rings. The fraction of sp³-hybridized carbons (Fsp3) is 0.0714. The van der Waals surface area contributed by atoms with Crippen LogP contribution >= 0.6 is 28.1 Å². The number of carbonyl (C=O) groups is 1. The van der Waals surface area contributed by atoms with E-state index < -0.39 is 0 Å². The number of thiocarbonyl (C=S) groups is 1. The number of nitrogens with one attached hydrogen (secondary N) is 2. The average molecular weight is 350 g/mol. The van der Waals surface area contributed by atoms with E-state index in [0.29, 0.717) is 11.4 Å². The monoisotopic (exact) mass is 349 g/mol. The molecule has 0 bridgehead atoms. The van der Waals surface area contributed by atoms with Crippen molar-refractivity contribution >= 4 is 45.0 Å².